The van der Waals surface area contributed by atoms with Crippen LogP contribution in [0, 0.1) is 0 Å². The van der Waals surface area contributed by atoms with E-state index in [1.807, 2.05) is 26.0 Å². The topological polar surface area (TPSA) is 40.6 Å². The summed E-state index contributed by atoms with van der Waals surface area (Å²) in [6.45, 7) is 10.4. The van der Waals surface area contributed by atoms with Gasteiger partial charge in [-0.3, -0.25) is 14.5 Å². The summed E-state index contributed by atoms with van der Waals surface area (Å²) in [6, 6.07) is 6.14. The van der Waals surface area contributed by atoms with Crippen LogP contribution in [0.25, 0.3) is 11.6 Å². The Bertz CT molecular complexity index is 838. The molecule has 0 bridgehead atoms. The van der Waals surface area contributed by atoms with Crippen LogP contribution in [-0.2, 0) is 4.79 Å². The summed E-state index contributed by atoms with van der Waals surface area (Å²) in [5.41, 5.74) is 4.49. The number of rotatable bonds is 3. The standard InChI is InChI=1S/C21H26N2O2S/c1-7-14(3)23-19(24)18(26-20(23)25)11-15-8-9-17-16(10-15)13(2)12-21(4,5)22(17)6/h8-12,14H,7H2,1-6H3/b18-11-. The van der Waals surface area contributed by atoms with Crippen molar-refractivity contribution < 1.29 is 9.59 Å². The van der Waals surface area contributed by atoms with Crippen molar-refractivity contribution in [1.29, 1.82) is 0 Å². The van der Waals surface area contributed by atoms with Gasteiger partial charge in [0, 0.05) is 24.3 Å². The summed E-state index contributed by atoms with van der Waals surface area (Å²) in [6.07, 6.45) is 4.85. The Morgan fingerprint density at radius 2 is 1.96 bits per heavy atom. The summed E-state index contributed by atoms with van der Waals surface area (Å²) in [5, 5.41) is -0.175. The predicted molar refractivity (Wildman–Crippen MR) is 110 cm³/mol. The minimum Gasteiger partial charge on any atom is -0.366 e. The van der Waals surface area contributed by atoms with Gasteiger partial charge in [0.05, 0.1) is 10.4 Å². The molecule has 1 atom stereocenters. The van der Waals surface area contributed by atoms with Gasteiger partial charge in [0.1, 0.15) is 0 Å². The summed E-state index contributed by atoms with van der Waals surface area (Å²) >= 11 is 1.03. The van der Waals surface area contributed by atoms with Crippen molar-refractivity contribution in [3.05, 3.63) is 40.3 Å². The van der Waals surface area contributed by atoms with E-state index in [0.29, 0.717) is 4.91 Å². The van der Waals surface area contributed by atoms with Crippen LogP contribution in [0.5, 0.6) is 0 Å². The van der Waals surface area contributed by atoms with E-state index in [2.05, 4.69) is 50.9 Å². The molecule has 0 radical (unpaired) electrons. The van der Waals surface area contributed by atoms with Crippen LogP contribution in [0.2, 0.25) is 0 Å². The fourth-order valence-corrected chi connectivity index (χ4v) is 4.39. The zero-order valence-corrected chi connectivity index (χ0v) is 17.1. The van der Waals surface area contributed by atoms with Crippen LogP contribution in [-0.4, -0.2) is 34.7 Å². The predicted octanol–water partition coefficient (Wildman–Crippen LogP) is 5.15. The number of anilines is 1. The second-order valence-electron chi connectivity index (χ2n) is 7.63. The summed E-state index contributed by atoms with van der Waals surface area (Å²) in [7, 11) is 2.10. The second kappa shape index (κ2) is 6.62. The Morgan fingerprint density at radius 1 is 1.27 bits per heavy atom. The van der Waals surface area contributed by atoms with Crippen LogP contribution in [0.1, 0.15) is 52.2 Å². The van der Waals surface area contributed by atoms with Crippen LogP contribution in [0.15, 0.2) is 29.2 Å². The van der Waals surface area contributed by atoms with Gasteiger partial charge in [-0.2, -0.15) is 0 Å². The SMILES string of the molecule is CCC(C)N1C(=O)S/C(=C\c2ccc3c(c2)C(C)=CC(C)(C)N3C)C1=O. The lowest BCUT2D eigenvalue weighted by molar-refractivity contribution is -0.124. The number of likely N-dealkylation sites (N-methyl/N-ethyl adjacent to an activating group) is 1. The Hall–Kier alpha value is -2.01. The van der Waals surface area contributed by atoms with E-state index in [9.17, 15) is 9.59 Å². The minimum absolute atomic E-state index is 0.0302. The Balaban J connectivity index is 1.96. The average Bonchev–Trinajstić information content (AvgIpc) is 2.85. The molecule has 0 N–H and O–H groups in total. The molecule has 2 aliphatic rings. The van der Waals surface area contributed by atoms with E-state index in [-0.39, 0.29) is 22.7 Å². The van der Waals surface area contributed by atoms with Crippen molar-refractivity contribution in [3.63, 3.8) is 0 Å². The lowest BCUT2D eigenvalue weighted by Crippen LogP contribution is -2.42. The van der Waals surface area contributed by atoms with E-state index < -0.39 is 0 Å². The van der Waals surface area contributed by atoms with E-state index in [0.717, 1.165) is 23.7 Å². The van der Waals surface area contributed by atoms with E-state index in [1.54, 1.807) is 0 Å². The van der Waals surface area contributed by atoms with Crippen molar-refractivity contribution >= 4 is 40.2 Å². The fraction of sp³-hybridized carbons (Fsp3) is 0.429. The molecule has 2 amide bonds. The van der Waals surface area contributed by atoms with Crippen LogP contribution in [0.3, 0.4) is 0 Å². The molecule has 0 saturated carbocycles. The number of hydrogen-bond donors (Lipinski definition) is 0. The number of benzene rings is 1. The van der Waals surface area contributed by atoms with Crippen LogP contribution < -0.4 is 4.90 Å². The number of thioether (sulfide) groups is 1. The number of nitrogens with zero attached hydrogens (tertiary/aromatic N) is 2. The average molecular weight is 371 g/mol. The first-order valence-corrected chi connectivity index (χ1v) is 9.82. The molecule has 1 fully saturated rings. The van der Waals surface area contributed by atoms with Crippen molar-refractivity contribution in [2.24, 2.45) is 0 Å². The third kappa shape index (κ3) is 3.09. The van der Waals surface area contributed by atoms with Gasteiger partial charge < -0.3 is 4.90 Å². The van der Waals surface area contributed by atoms with Gasteiger partial charge in [0.25, 0.3) is 11.1 Å². The molecule has 1 unspecified atom stereocenters. The molecule has 2 aliphatic heterocycles. The molecule has 2 heterocycles. The van der Waals surface area contributed by atoms with Gasteiger partial charge in [-0.25, -0.2) is 0 Å². The molecule has 138 valence electrons. The molecule has 1 saturated heterocycles. The number of allylic oxidation sites excluding steroid dienone is 1. The Labute approximate surface area is 159 Å². The molecule has 0 aliphatic carbocycles. The quantitative estimate of drug-likeness (QED) is 0.690. The largest absolute Gasteiger partial charge is 0.366 e. The van der Waals surface area contributed by atoms with Gasteiger partial charge in [-0.1, -0.05) is 19.1 Å². The normalized spacial score (nSPS) is 21.9. The minimum atomic E-state index is -0.183. The highest BCUT2D eigenvalue weighted by molar-refractivity contribution is 8.18. The number of hydrogen-bond acceptors (Lipinski definition) is 4. The molecule has 26 heavy (non-hydrogen) atoms. The highest BCUT2D eigenvalue weighted by atomic mass is 32.2. The molecule has 1 aromatic carbocycles. The van der Waals surface area contributed by atoms with Crippen LogP contribution in [0.4, 0.5) is 10.5 Å². The molecule has 3 rings (SSSR count). The summed E-state index contributed by atoms with van der Waals surface area (Å²) < 4.78 is 0. The molecule has 4 nitrogen and oxygen atoms in total. The van der Waals surface area contributed by atoms with Gasteiger partial charge in [0.2, 0.25) is 0 Å². The highest BCUT2D eigenvalue weighted by Gasteiger charge is 2.37. The molecule has 0 aromatic heterocycles. The third-order valence-corrected chi connectivity index (χ3v) is 6.28. The van der Waals surface area contributed by atoms with E-state index >= 15 is 0 Å². The van der Waals surface area contributed by atoms with Crippen LogP contribution >= 0.6 is 11.8 Å². The van der Waals surface area contributed by atoms with E-state index in [4.69, 9.17) is 0 Å². The number of amides is 2. The molecule has 1 aromatic rings. The fourth-order valence-electron chi connectivity index (χ4n) is 3.46. The van der Waals surface area contributed by atoms with Crippen molar-refractivity contribution in [3.8, 4) is 0 Å². The molecular formula is C21H26N2O2S. The number of carbonyl (C=O) groups is 2. The molecule has 0 spiro atoms. The van der Waals surface area contributed by atoms with Crippen molar-refractivity contribution in [1.82, 2.24) is 4.90 Å². The first kappa shape index (κ1) is 18.8. The molecule has 5 heteroatoms. The summed E-state index contributed by atoms with van der Waals surface area (Å²) in [4.78, 5) is 28.9. The van der Waals surface area contributed by atoms with Crippen molar-refractivity contribution in [2.45, 2.75) is 52.6 Å². The Kier molecular flexibility index (Phi) is 4.78. The maximum absolute atomic E-state index is 12.6. The van der Waals surface area contributed by atoms with Gasteiger partial charge in [-0.15, -0.1) is 0 Å². The van der Waals surface area contributed by atoms with Gasteiger partial charge >= 0.3 is 0 Å². The van der Waals surface area contributed by atoms with Gasteiger partial charge in [0.15, 0.2) is 0 Å². The summed E-state index contributed by atoms with van der Waals surface area (Å²) in [5.74, 6) is -0.183. The number of carbonyl (C=O) groups excluding carboxylic acids is 2. The van der Waals surface area contributed by atoms with Crippen molar-refractivity contribution in [2.75, 3.05) is 11.9 Å². The number of fused-ring (bicyclic) bond motifs is 1. The second-order valence-corrected chi connectivity index (χ2v) is 8.62. The number of imide groups is 1. The third-order valence-electron chi connectivity index (χ3n) is 5.39. The maximum Gasteiger partial charge on any atom is 0.293 e. The Morgan fingerprint density at radius 3 is 2.62 bits per heavy atom. The lowest BCUT2D eigenvalue weighted by atomic mass is 9.88. The smallest absolute Gasteiger partial charge is 0.293 e. The van der Waals surface area contributed by atoms with E-state index in [1.165, 1.54) is 21.7 Å². The lowest BCUT2D eigenvalue weighted by Gasteiger charge is -2.40. The molecular weight excluding hydrogens is 344 g/mol. The zero-order valence-electron chi connectivity index (χ0n) is 16.3. The maximum atomic E-state index is 12.6. The van der Waals surface area contributed by atoms with Gasteiger partial charge in [-0.05, 0) is 75.2 Å². The first-order chi connectivity index (χ1) is 12.2. The zero-order chi connectivity index (χ0) is 19.2. The first-order valence-electron chi connectivity index (χ1n) is 9.00. The highest BCUT2D eigenvalue weighted by Crippen LogP contribution is 2.39. The monoisotopic (exact) mass is 370 g/mol.